The van der Waals surface area contributed by atoms with Gasteiger partial charge in [-0.15, -0.1) is 0 Å². The summed E-state index contributed by atoms with van der Waals surface area (Å²) in [5.74, 6) is 0. The highest BCUT2D eigenvalue weighted by atomic mass is 14.5. The molecule has 1 spiro atoms. The van der Waals surface area contributed by atoms with E-state index in [2.05, 4.69) is 243 Å². The van der Waals surface area contributed by atoms with Crippen LogP contribution < -0.4 is 0 Å². The largest absolute Gasteiger partial charge is 0.0731 e. The predicted octanol–water partition coefficient (Wildman–Crippen LogP) is 18.5. The molecule has 0 fully saturated rings. The van der Waals surface area contributed by atoms with E-state index in [1.54, 1.807) is 0 Å². The number of hydrogen-bond acceptors (Lipinski definition) is 0. The van der Waals surface area contributed by atoms with Crippen molar-refractivity contribution in [3.05, 3.63) is 265 Å². The van der Waals surface area contributed by atoms with Gasteiger partial charge in [0.1, 0.15) is 0 Å². The van der Waals surface area contributed by atoms with Gasteiger partial charge in [-0.25, -0.2) is 0 Å². The Kier molecular flexibility index (Phi) is 7.36. The van der Waals surface area contributed by atoms with Crippen LogP contribution in [-0.4, -0.2) is 0 Å². The van der Waals surface area contributed by atoms with Gasteiger partial charge in [0.2, 0.25) is 0 Å². The lowest BCUT2D eigenvalue weighted by Crippen LogP contribution is -2.26. The Morgan fingerprint density at radius 2 is 0.681 bits per heavy atom. The van der Waals surface area contributed by atoms with Crippen molar-refractivity contribution in [3.8, 4) is 55.6 Å². The van der Waals surface area contributed by atoms with Crippen molar-refractivity contribution in [2.75, 3.05) is 0 Å². The van der Waals surface area contributed by atoms with Crippen molar-refractivity contribution in [1.82, 2.24) is 0 Å². The zero-order valence-corrected chi connectivity index (χ0v) is 37.6. The molecule has 0 heterocycles. The second-order valence-corrected chi connectivity index (χ2v) is 19.4. The SMILES string of the molecule is c1ccc2c(c1)-c1ccccc1C21c2cc(-c3c4ccccc4c(-c4ccc5ccccc5c4)c4ccccc34)ccc2-c2c1c1cccc3c(-c4ccc5ccccc5c4)cc4cccc2c4c31. The number of fused-ring (bicyclic) bond motifs is 16. The smallest absolute Gasteiger partial charge is 0.0619 e. The van der Waals surface area contributed by atoms with Crippen molar-refractivity contribution < 1.29 is 0 Å². The molecule has 0 aliphatic heterocycles. The average Bonchev–Trinajstić information content (AvgIpc) is 3.89. The first kappa shape index (κ1) is 37.3. The minimum atomic E-state index is -0.572. The lowest BCUT2D eigenvalue weighted by atomic mass is 9.68. The highest BCUT2D eigenvalue weighted by molar-refractivity contribution is 6.32. The monoisotopic (exact) mass is 868 g/mol. The van der Waals surface area contributed by atoms with Crippen LogP contribution >= 0.6 is 0 Å². The molecular formula is C69H40. The minimum Gasteiger partial charge on any atom is -0.0619 e. The van der Waals surface area contributed by atoms with E-state index in [1.165, 1.54) is 153 Å². The second-order valence-electron chi connectivity index (χ2n) is 19.4. The lowest BCUT2D eigenvalue weighted by molar-refractivity contribution is 0.802. The Morgan fingerprint density at radius 3 is 1.33 bits per heavy atom. The molecule has 14 aromatic rings. The Hall–Kier alpha value is -8.84. The molecule has 16 rings (SSSR count). The lowest BCUT2D eigenvalue weighted by Gasteiger charge is -2.32. The number of hydrogen-bond donors (Lipinski definition) is 0. The van der Waals surface area contributed by atoms with Gasteiger partial charge in [-0.05, 0) is 178 Å². The molecule has 0 N–H and O–H groups in total. The van der Waals surface area contributed by atoms with E-state index in [0.29, 0.717) is 0 Å². The molecule has 14 aromatic carbocycles. The van der Waals surface area contributed by atoms with Crippen LogP contribution in [0.3, 0.4) is 0 Å². The Balaban J connectivity index is 1.03. The molecule has 0 saturated carbocycles. The van der Waals surface area contributed by atoms with Crippen LogP contribution in [0, 0.1) is 0 Å². The van der Waals surface area contributed by atoms with Crippen LogP contribution in [0.1, 0.15) is 22.3 Å². The third kappa shape index (κ3) is 4.82. The van der Waals surface area contributed by atoms with Gasteiger partial charge in [0.05, 0.1) is 5.41 Å². The first-order valence-corrected chi connectivity index (χ1v) is 24.2. The molecular weight excluding hydrogens is 829 g/mol. The molecule has 69 heavy (non-hydrogen) atoms. The van der Waals surface area contributed by atoms with Crippen molar-refractivity contribution in [1.29, 1.82) is 0 Å². The Morgan fingerprint density at radius 1 is 0.217 bits per heavy atom. The standard InChI is InChI=1S/C69H40/c1-3-17-43-37-45(33-31-41(43)15-1)59-39-46-19-13-27-57-65(46)66-55(59)26-14-28-58(66)68-67(57)56-36-35-48(40-62(56)69(68)60-29-11-9-20-49(60)50-21-10-12-30-61(50)69)64-53-24-7-5-22-51(53)63(52-23-6-8-25-54(52)64)47-34-32-42-16-2-4-18-44(42)38-47/h1-40H. The maximum atomic E-state index is 2.60. The van der Waals surface area contributed by atoms with Crippen molar-refractivity contribution in [2.24, 2.45) is 0 Å². The summed E-state index contributed by atoms with van der Waals surface area (Å²) in [5.41, 5.74) is 17.7. The van der Waals surface area contributed by atoms with Gasteiger partial charge in [-0.3, -0.25) is 0 Å². The topological polar surface area (TPSA) is 0 Å². The molecule has 2 aliphatic rings. The van der Waals surface area contributed by atoms with Gasteiger partial charge in [0.25, 0.3) is 0 Å². The van der Waals surface area contributed by atoms with Gasteiger partial charge >= 0.3 is 0 Å². The van der Waals surface area contributed by atoms with E-state index in [9.17, 15) is 0 Å². The zero-order valence-electron chi connectivity index (χ0n) is 37.6. The van der Waals surface area contributed by atoms with Gasteiger partial charge in [-0.2, -0.15) is 0 Å². The second kappa shape index (κ2) is 13.6. The fourth-order valence-electron chi connectivity index (χ4n) is 13.5. The quantitative estimate of drug-likeness (QED) is 0.123. The van der Waals surface area contributed by atoms with E-state index in [0.717, 1.165) is 0 Å². The third-order valence-corrected chi connectivity index (χ3v) is 16.1. The fourth-order valence-corrected chi connectivity index (χ4v) is 13.5. The summed E-state index contributed by atoms with van der Waals surface area (Å²) in [4.78, 5) is 0. The fraction of sp³-hybridized carbons (Fsp3) is 0.0145. The first-order chi connectivity index (χ1) is 34.2. The highest BCUT2D eigenvalue weighted by Crippen LogP contribution is 2.66. The molecule has 0 radical (unpaired) electrons. The van der Waals surface area contributed by atoms with Crippen LogP contribution in [0.4, 0.5) is 0 Å². The zero-order chi connectivity index (χ0) is 45.0. The van der Waals surface area contributed by atoms with Gasteiger partial charge in [0, 0.05) is 0 Å². The van der Waals surface area contributed by atoms with Crippen molar-refractivity contribution in [2.45, 2.75) is 5.41 Å². The van der Waals surface area contributed by atoms with Crippen LogP contribution in [0.2, 0.25) is 0 Å². The predicted molar refractivity (Wildman–Crippen MR) is 293 cm³/mol. The van der Waals surface area contributed by atoms with Crippen LogP contribution in [-0.2, 0) is 5.41 Å². The molecule has 0 bridgehead atoms. The molecule has 2 aliphatic carbocycles. The summed E-state index contributed by atoms with van der Waals surface area (Å²) in [6.07, 6.45) is 0. The van der Waals surface area contributed by atoms with E-state index < -0.39 is 5.41 Å². The summed E-state index contributed by atoms with van der Waals surface area (Å²) in [5, 5.41) is 18.0. The van der Waals surface area contributed by atoms with E-state index in [-0.39, 0.29) is 0 Å². The molecule has 0 atom stereocenters. The molecule has 0 amide bonds. The maximum Gasteiger partial charge on any atom is 0.0731 e. The Labute approximate surface area is 399 Å². The highest BCUT2D eigenvalue weighted by Gasteiger charge is 2.53. The summed E-state index contributed by atoms with van der Waals surface area (Å²) in [6.45, 7) is 0. The van der Waals surface area contributed by atoms with Crippen LogP contribution in [0.25, 0.3) is 131 Å². The van der Waals surface area contributed by atoms with Gasteiger partial charge in [-0.1, -0.05) is 218 Å². The molecule has 0 aromatic heterocycles. The molecule has 0 unspecified atom stereocenters. The number of rotatable bonds is 3. The molecule has 0 saturated heterocycles. The first-order valence-electron chi connectivity index (χ1n) is 24.2. The molecule has 0 heteroatoms. The summed E-state index contributed by atoms with van der Waals surface area (Å²) < 4.78 is 0. The van der Waals surface area contributed by atoms with E-state index in [4.69, 9.17) is 0 Å². The summed E-state index contributed by atoms with van der Waals surface area (Å²) >= 11 is 0. The van der Waals surface area contributed by atoms with Gasteiger partial charge in [0.15, 0.2) is 0 Å². The normalized spacial score (nSPS) is 13.3. The minimum absolute atomic E-state index is 0.572. The summed E-state index contributed by atoms with van der Waals surface area (Å²) in [7, 11) is 0. The maximum absolute atomic E-state index is 2.60. The molecule has 0 nitrogen and oxygen atoms in total. The van der Waals surface area contributed by atoms with Crippen LogP contribution in [0.5, 0.6) is 0 Å². The summed E-state index contributed by atoms with van der Waals surface area (Å²) in [6, 6.07) is 92.2. The van der Waals surface area contributed by atoms with Gasteiger partial charge < -0.3 is 0 Å². The van der Waals surface area contributed by atoms with Crippen LogP contribution in [0.15, 0.2) is 243 Å². The van der Waals surface area contributed by atoms with E-state index in [1.807, 2.05) is 0 Å². The van der Waals surface area contributed by atoms with Crippen molar-refractivity contribution >= 4 is 75.4 Å². The third-order valence-electron chi connectivity index (χ3n) is 16.1. The molecule has 316 valence electrons. The van der Waals surface area contributed by atoms with Crippen molar-refractivity contribution in [3.63, 3.8) is 0 Å². The number of benzene rings is 14. The van der Waals surface area contributed by atoms with E-state index >= 15 is 0 Å². The Bertz CT molecular complexity index is 4440. The average molecular weight is 869 g/mol.